The highest BCUT2D eigenvalue weighted by molar-refractivity contribution is 8.00. The fourth-order valence-corrected chi connectivity index (χ4v) is 4.39. The maximum Gasteiger partial charge on any atom is 0.262 e. The van der Waals surface area contributed by atoms with Gasteiger partial charge >= 0.3 is 0 Å². The van der Waals surface area contributed by atoms with Gasteiger partial charge in [0.2, 0.25) is 5.91 Å². The zero-order chi connectivity index (χ0) is 22.9. The zero-order valence-electron chi connectivity index (χ0n) is 18.3. The van der Waals surface area contributed by atoms with E-state index in [1.54, 1.807) is 22.8 Å². The lowest BCUT2D eigenvalue weighted by molar-refractivity contribution is -0.120. The molecule has 8 heteroatoms. The first-order valence-corrected chi connectivity index (χ1v) is 12.0. The highest BCUT2D eigenvalue weighted by Gasteiger charge is 2.19. The number of thioether (sulfide) groups is 1. The van der Waals surface area contributed by atoms with Gasteiger partial charge in [-0.1, -0.05) is 53.7 Å². The number of nitrogens with zero attached hydrogens (tertiary/aromatic N) is 2. The van der Waals surface area contributed by atoms with Gasteiger partial charge in [0.25, 0.3) is 5.56 Å². The van der Waals surface area contributed by atoms with Crippen molar-refractivity contribution >= 4 is 40.2 Å². The highest BCUT2D eigenvalue weighted by atomic mass is 35.5. The van der Waals surface area contributed by atoms with Crippen molar-refractivity contribution in [2.24, 2.45) is 0 Å². The molecule has 6 nitrogen and oxygen atoms in total. The van der Waals surface area contributed by atoms with Gasteiger partial charge in [0.15, 0.2) is 5.16 Å². The molecule has 170 valence electrons. The molecule has 0 bridgehead atoms. The van der Waals surface area contributed by atoms with Crippen LogP contribution in [0.4, 0.5) is 0 Å². The van der Waals surface area contributed by atoms with E-state index in [2.05, 4.69) is 10.3 Å². The van der Waals surface area contributed by atoms with Crippen molar-refractivity contribution in [3.63, 3.8) is 0 Å². The molecule has 3 aromatic rings. The van der Waals surface area contributed by atoms with Crippen LogP contribution >= 0.6 is 23.4 Å². The van der Waals surface area contributed by atoms with Crippen LogP contribution in [-0.4, -0.2) is 40.5 Å². The molecule has 0 saturated heterocycles. The Kier molecular flexibility index (Phi) is 9.14. The molecule has 0 radical (unpaired) electrons. The Labute approximate surface area is 197 Å². The summed E-state index contributed by atoms with van der Waals surface area (Å²) in [5.41, 5.74) is 1.56. The topological polar surface area (TPSA) is 73.2 Å². The third kappa shape index (κ3) is 6.58. The minimum atomic E-state index is -0.410. The number of carbonyl (C=O) groups is 1. The predicted molar refractivity (Wildman–Crippen MR) is 131 cm³/mol. The molecule has 1 unspecified atom stereocenters. The van der Waals surface area contributed by atoms with Gasteiger partial charge in [-0.25, -0.2) is 4.98 Å². The molecule has 32 heavy (non-hydrogen) atoms. The van der Waals surface area contributed by atoms with Crippen LogP contribution in [0.2, 0.25) is 5.02 Å². The fourth-order valence-electron chi connectivity index (χ4n) is 3.26. The maximum absolute atomic E-state index is 13.1. The Balaban J connectivity index is 1.74. The van der Waals surface area contributed by atoms with E-state index in [1.165, 1.54) is 17.3 Å². The Morgan fingerprint density at radius 2 is 2.03 bits per heavy atom. The number of benzene rings is 2. The Hall–Kier alpha value is -2.35. The second-order valence-corrected chi connectivity index (χ2v) is 9.09. The van der Waals surface area contributed by atoms with E-state index in [-0.39, 0.29) is 11.5 Å². The first-order valence-electron chi connectivity index (χ1n) is 10.8. The van der Waals surface area contributed by atoms with Crippen molar-refractivity contribution in [1.82, 2.24) is 14.9 Å². The first-order chi connectivity index (χ1) is 15.5. The van der Waals surface area contributed by atoms with E-state index in [0.29, 0.717) is 53.8 Å². The van der Waals surface area contributed by atoms with Crippen molar-refractivity contribution < 1.29 is 9.53 Å². The summed E-state index contributed by atoms with van der Waals surface area (Å²) >= 11 is 7.39. The van der Waals surface area contributed by atoms with Gasteiger partial charge in [-0.3, -0.25) is 14.2 Å². The first kappa shape index (κ1) is 24.3. The van der Waals surface area contributed by atoms with Gasteiger partial charge in [-0.15, -0.1) is 0 Å². The SMILES string of the molecule is CCOCCCn1c(SC(C)C(=O)NCCc2ccccc2)nc2cc(Cl)ccc2c1=O. The van der Waals surface area contributed by atoms with E-state index in [4.69, 9.17) is 16.3 Å². The lowest BCUT2D eigenvalue weighted by Gasteiger charge is -2.16. The van der Waals surface area contributed by atoms with Crippen LogP contribution in [0.5, 0.6) is 0 Å². The molecule has 0 aliphatic rings. The second kappa shape index (κ2) is 12.0. The molecule has 1 amide bonds. The molecule has 1 atom stereocenters. The van der Waals surface area contributed by atoms with Crippen molar-refractivity contribution in [3.8, 4) is 0 Å². The van der Waals surface area contributed by atoms with Crippen molar-refractivity contribution in [2.75, 3.05) is 19.8 Å². The summed E-state index contributed by atoms with van der Waals surface area (Å²) in [5, 5.41) is 4.10. The molecule has 1 aromatic heterocycles. The van der Waals surface area contributed by atoms with Gasteiger partial charge in [0.05, 0.1) is 16.2 Å². The van der Waals surface area contributed by atoms with E-state index in [0.717, 1.165) is 6.42 Å². The van der Waals surface area contributed by atoms with Gasteiger partial charge in [0.1, 0.15) is 0 Å². The quantitative estimate of drug-likeness (QED) is 0.255. The van der Waals surface area contributed by atoms with Gasteiger partial charge in [0, 0.05) is 31.3 Å². The zero-order valence-corrected chi connectivity index (χ0v) is 19.9. The molecule has 2 aromatic carbocycles. The summed E-state index contributed by atoms with van der Waals surface area (Å²) in [7, 11) is 0. The lowest BCUT2D eigenvalue weighted by Crippen LogP contribution is -2.33. The van der Waals surface area contributed by atoms with Gasteiger partial charge in [-0.2, -0.15) is 0 Å². The Morgan fingerprint density at radius 3 is 2.78 bits per heavy atom. The molecule has 0 fully saturated rings. The highest BCUT2D eigenvalue weighted by Crippen LogP contribution is 2.24. The van der Waals surface area contributed by atoms with E-state index >= 15 is 0 Å². The molecule has 1 heterocycles. The van der Waals surface area contributed by atoms with E-state index < -0.39 is 5.25 Å². The molecular formula is C24H28ClN3O3S. The number of nitrogens with one attached hydrogen (secondary N) is 1. The molecule has 0 aliphatic carbocycles. The number of carbonyl (C=O) groups excluding carboxylic acids is 1. The summed E-state index contributed by atoms with van der Waals surface area (Å²) in [6, 6.07) is 15.1. The monoisotopic (exact) mass is 473 g/mol. The number of hydrogen-bond donors (Lipinski definition) is 1. The number of hydrogen-bond acceptors (Lipinski definition) is 5. The normalized spacial score (nSPS) is 12.1. The molecule has 0 spiro atoms. The average molecular weight is 474 g/mol. The lowest BCUT2D eigenvalue weighted by atomic mass is 10.1. The average Bonchev–Trinajstić information content (AvgIpc) is 2.78. The molecule has 0 aliphatic heterocycles. The Bertz CT molecular complexity index is 1100. The van der Waals surface area contributed by atoms with Gasteiger partial charge < -0.3 is 10.1 Å². The van der Waals surface area contributed by atoms with Crippen LogP contribution in [0.15, 0.2) is 58.5 Å². The van der Waals surface area contributed by atoms with Crippen LogP contribution < -0.4 is 10.9 Å². The number of rotatable bonds is 11. The number of halogens is 1. The Morgan fingerprint density at radius 1 is 1.25 bits per heavy atom. The minimum absolute atomic E-state index is 0.0905. The van der Waals surface area contributed by atoms with Crippen molar-refractivity contribution in [3.05, 3.63) is 69.5 Å². The van der Waals surface area contributed by atoms with Gasteiger partial charge in [-0.05, 0) is 50.5 Å². The summed E-state index contributed by atoms with van der Waals surface area (Å²) in [6.45, 7) is 5.96. The molecular weight excluding hydrogens is 446 g/mol. The molecule has 3 rings (SSSR count). The van der Waals surface area contributed by atoms with Crippen LogP contribution in [-0.2, 0) is 22.5 Å². The maximum atomic E-state index is 13.1. The molecule has 0 saturated carbocycles. The summed E-state index contributed by atoms with van der Waals surface area (Å²) in [5.74, 6) is -0.0905. The van der Waals surface area contributed by atoms with Crippen LogP contribution in [0.1, 0.15) is 25.8 Å². The third-order valence-corrected chi connectivity index (χ3v) is 6.29. The standard InChI is InChI=1S/C24H28ClN3O3S/c1-3-31-15-7-14-28-23(30)20-11-10-19(25)16-21(20)27-24(28)32-17(2)22(29)26-13-12-18-8-5-4-6-9-18/h4-6,8-11,16-17H,3,7,12-15H2,1-2H3,(H,26,29). The summed E-state index contributed by atoms with van der Waals surface area (Å²) in [4.78, 5) is 30.5. The number of fused-ring (bicyclic) bond motifs is 1. The number of aromatic nitrogens is 2. The largest absolute Gasteiger partial charge is 0.382 e. The number of amides is 1. The smallest absolute Gasteiger partial charge is 0.262 e. The van der Waals surface area contributed by atoms with Crippen LogP contribution in [0.3, 0.4) is 0 Å². The van der Waals surface area contributed by atoms with E-state index in [1.807, 2.05) is 44.2 Å². The van der Waals surface area contributed by atoms with E-state index in [9.17, 15) is 9.59 Å². The minimum Gasteiger partial charge on any atom is -0.382 e. The molecule has 1 N–H and O–H groups in total. The predicted octanol–water partition coefficient (Wildman–Crippen LogP) is 4.32. The fraction of sp³-hybridized carbons (Fsp3) is 0.375. The van der Waals surface area contributed by atoms with Crippen LogP contribution in [0.25, 0.3) is 10.9 Å². The summed E-state index contributed by atoms with van der Waals surface area (Å²) in [6.07, 6.45) is 1.44. The summed E-state index contributed by atoms with van der Waals surface area (Å²) < 4.78 is 7.05. The number of ether oxygens (including phenoxy) is 1. The second-order valence-electron chi connectivity index (χ2n) is 7.35. The van der Waals surface area contributed by atoms with Crippen molar-refractivity contribution in [1.29, 1.82) is 0 Å². The third-order valence-electron chi connectivity index (χ3n) is 4.96. The van der Waals surface area contributed by atoms with Crippen molar-refractivity contribution in [2.45, 2.75) is 43.6 Å². The van der Waals surface area contributed by atoms with Crippen LogP contribution in [0, 0.1) is 0 Å².